The monoisotopic (exact) mass is 423 g/mol. The van der Waals surface area contributed by atoms with E-state index in [1.807, 2.05) is 55.5 Å². The molecule has 1 N–H and O–H groups in total. The molecule has 4 rings (SSSR count). The number of para-hydroxylation sites is 2. The van der Waals surface area contributed by atoms with Gasteiger partial charge in [-0.05, 0) is 48.9 Å². The van der Waals surface area contributed by atoms with Gasteiger partial charge in [-0.1, -0.05) is 59.6 Å². The molecule has 0 aliphatic carbocycles. The number of carbonyl (C=O) groups excluding carboxylic acids is 1. The molecule has 4 aromatic rings. The summed E-state index contributed by atoms with van der Waals surface area (Å²) < 4.78 is 2.11. The summed E-state index contributed by atoms with van der Waals surface area (Å²) >= 11 is 12.3. The minimum atomic E-state index is -0.314. The first-order valence-corrected chi connectivity index (χ1v) is 10.0. The molecule has 0 aliphatic rings. The zero-order valence-electron chi connectivity index (χ0n) is 15.8. The van der Waals surface area contributed by atoms with E-state index >= 15 is 0 Å². The molecule has 29 heavy (non-hydrogen) atoms. The van der Waals surface area contributed by atoms with Crippen LogP contribution < -0.4 is 5.32 Å². The molecule has 0 bridgehead atoms. The maximum absolute atomic E-state index is 12.7. The van der Waals surface area contributed by atoms with Crippen LogP contribution in [0.1, 0.15) is 34.7 Å². The lowest BCUT2D eigenvalue weighted by molar-refractivity contribution is 0.0938. The summed E-state index contributed by atoms with van der Waals surface area (Å²) in [6.07, 6.45) is 0. The highest BCUT2D eigenvalue weighted by Crippen LogP contribution is 2.24. The first-order valence-electron chi connectivity index (χ1n) is 9.28. The predicted molar refractivity (Wildman–Crippen MR) is 118 cm³/mol. The Labute approximate surface area is 179 Å². The van der Waals surface area contributed by atoms with Crippen LogP contribution in [0.5, 0.6) is 0 Å². The van der Waals surface area contributed by atoms with E-state index in [1.165, 1.54) is 0 Å². The van der Waals surface area contributed by atoms with Crippen LogP contribution in [-0.4, -0.2) is 15.5 Å². The lowest BCUT2D eigenvalue weighted by atomic mass is 10.2. The molecule has 1 heterocycles. The van der Waals surface area contributed by atoms with E-state index in [0.29, 0.717) is 22.2 Å². The molecule has 0 spiro atoms. The molecule has 3 aromatic carbocycles. The quantitative estimate of drug-likeness (QED) is 0.435. The summed E-state index contributed by atoms with van der Waals surface area (Å²) in [6, 6.07) is 22.4. The third kappa shape index (κ3) is 4.14. The van der Waals surface area contributed by atoms with Crippen molar-refractivity contribution in [2.24, 2.45) is 0 Å². The van der Waals surface area contributed by atoms with Gasteiger partial charge in [0.05, 0.1) is 27.7 Å². The lowest BCUT2D eigenvalue weighted by Gasteiger charge is -2.17. The van der Waals surface area contributed by atoms with Gasteiger partial charge in [-0.15, -0.1) is 0 Å². The van der Waals surface area contributed by atoms with E-state index in [1.54, 1.807) is 24.3 Å². The Morgan fingerprint density at radius 1 is 1.03 bits per heavy atom. The summed E-state index contributed by atoms with van der Waals surface area (Å²) in [4.78, 5) is 17.5. The van der Waals surface area contributed by atoms with E-state index in [4.69, 9.17) is 28.2 Å². The van der Waals surface area contributed by atoms with Crippen molar-refractivity contribution in [1.29, 1.82) is 0 Å². The van der Waals surface area contributed by atoms with Crippen molar-refractivity contribution < 1.29 is 4.79 Å². The number of carbonyl (C=O) groups is 1. The summed E-state index contributed by atoms with van der Waals surface area (Å²) in [7, 11) is 0. The molecular formula is C23H19Cl2N3O. The molecule has 0 saturated carbocycles. The molecule has 0 saturated heterocycles. The SMILES string of the molecule is C[C@H](NC(=O)c1ccccc1Cl)c1nc2ccccc2n1Cc1cccc(Cl)c1. The molecule has 1 amide bonds. The lowest BCUT2D eigenvalue weighted by Crippen LogP contribution is -2.29. The van der Waals surface area contributed by atoms with E-state index in [2.05, 4.69) is 9.88 Å². The van der Waals surface area contributed by atoms with Gasteiger partial charge in [0.2, 0.25) is 0 Å². The minimum absolute atomic E-state index is 0.232. The van der Waals surface area contributed by atoms with Gasteiger partial charge >= 0.3 is 0 Å². The number of rotatable bonds is 5. The van der Waals surface area contributed by atoms with Gasteiger partial charge in [0.15, 0.2) is 0 Å². The number of fused-ring (bicyclic) bond motifs is 1. The van der Waals surface area contributed by atoms with Crippen molar-refractivity contribution in [2.75, 3.05) is 0 Å². The second-order valence-electron chi connectivity index (χ2n) is 6.85. The molecule has 0 fully saturated rings. The molecule has 146 valence electrons. The largest absolute Gasteiger partial charge is 0.342 e. The maximum Gasteiger partial charge on any atom is 0.253 e. The molecule has 0 unspecified atom stereocenters. The number of nitrogens with one attached hydrogen (secondary N) is 1. The Kier molecular flexibility index (Phi) is 5.56. The number of amides is 1. The second-order valence-corrected chi connectivity index (χ2v) is 7.69. The fourth-order valence-corrected chi connectivity index (χ4v) is 3.83. The first kappa shape index (κ1) is 19.5. The predicted octanol–water partition coefficient (Wildman–Crippen LogP) is 5.88. The average molecular weight is 424 g/mol. The van der Waals surface area contributed by atoms with Crippen LogP contribution in [0.3, 0.4) is 0 Å². The number of hydrogen-bond donors (Lipinski definition) is 1. The van der Waals surface area contributed by atoms with Gasteiger partial charge in [0.25, 0.3) is 5.91 Å². The second kappa shape index (κ2) is 8.27. The number of hydrogen-bond acceptors (Lipinski definition) is 2. The molecule has 1 atom stereocenters. The number of halogens is 2. The number of imidazole rings is 1. The highest BCUT2D eigenvalue weighted by molar-refractivity contribution is 6.33. The van der Waals surface area contributed by atoms with Crippen molar-refractivity contribution in [2.45, 2.75) is 19.5 Å². The number of nitrogens with zero attached hydrogens (tertiary/aromatic N) is 2. The molecule has 1 aromatic heterocycles. The van der Waals surface area contributed by atoms with Crippen molar-refractivity contribution in [1.82, 2.24) is 14.9 Å². The smallest absolute Gasteiger partial charge is 0.253 e. The summed E-state index contributed by atoms with van der Waals surface area (Å²) in [5.41, 5.74) is 3.38. The Balaban J connectivity index is 1.69. The Bertz CT molecular complexity index is 1190. The third-order valence-corrected chi connectivity index (χ3v) is 5.33. The van der Waals surface area contributed by atoms with Gasteiger partial charge in [-0.3, -0.25) is 4.79 Å². The van der Waals surface area contributed by atoms with E-state index in [-0.39, 0.29) is 11.9 Å². The van der Waals surface area contributed by atoms with Crippen LogP contribution in [0.4, 0.5) is 0 Å². The van der Waals surface area contributed by atoms with Gasteiger partial charge in [-0.2, -0.15) is 0 Å². The van der Waals surface area contributed by atoms with Crippen LogP contribution in [0.2, 0.25) is 10.0 Å². The van der Waals surface area contributed by atoms with Crippen molar-refractivity contribution in [3.05, 3.63) is 99.8 Å². The maximum atomic E-state index is 12.7. The third-order valence-electron chi connectivity index (χ3n) is 4.77. The van der Waals surface area contributed by atoms with E-state index in [9.17, 15) is 4.79 Å². The minimum Gasteiger partial charge on any atom is -0.342 e. The first-order chi connectivity index (χ1) is 14.0. The van der Waals surface area contributed by atoms with E-state index in [0.717, 1.165) is 22.4 Å². The highest BCUT2D eigenvalue weighted by atomic mass is 35.5. The van der Waals surface area contributed by atoms with Gasteiger partial charge in [0.1, 0.15) is 5.82 Å². The standard InChI is InChI=1S/C23H19Cl2N3O/c1-15(26-23(29)18-9-2-3-10-19(18)25)22-27-20-11-4-5-12-21(20)28(22)14-16-7-6-8-17(24)13-16/h2-13,15H,14H2,1H3,(H,26,29)/t15-/m0/s1. The van der Waals surface area contributed by atoms with Crippen LogP contribution >= 0.6 is 23.2 Å². The fourth-order valence-electron chi connectivity index (χ4n) is 3.39. The normalized spacial score (nSPS) is 12.1. The molecule has 4 nitrogen and oxygen atoms in total. The molecular weight excluding hydrogens is 405 g/mol. The Hall–Kier alpha value is -2.82. The number of benzene rings is 3. The van der Waals surface area contributed by atoms with Crippen LogP contribution in [0.25, 0.3) is 11.0 Å². The van der Waals surface area contributed by atoms with Crippen molar-refractivity contribution in [3.63, 3.8) is 0 Å². The van der Waals surface area contributed by atoms with Gasteiger partial charge in [-0.25, -0.2) is 4.98 Å². The zero-order chi connectivity index (χ0) is 20.4. The summed E-state index contributed by atoms with van der Waals surface area (Å²) in [5.74, 6) is 0.538. The molecule has 0 radical (unpaired) electrons. The topological polar surface area (TPSA) is 46.9 Å². The molecule has 0 aliphatic heterocycles. The molecule has 6 heteroatoms. The van der Waals surface area contributed by atoms with Crippen LogP contribution in [0, 0.1) is 0 Å². The van der Waals surface area contributed by atoms with Crippen LogP contribution in [-0.2, 0) is 6.54 Å². The Morgan fingerprint density at radius 3 is 2.59 bits per heavy atom. The highest BCUT2D eigenvalue weighted by Gasteiger charge is 2.20. The number of aromatic nitrogens is 2. The van der Waals surface area contributed by atoms with Crippen LogP contribution in [0.15, 0.2) is 72.8 Å². The Morgan fingerprint density at radius 2 is 1.79 bits per heavy atom. The summed E-state index contributed by atoms with van der Waals surface area (Å²) in [6.45, 7) is 2.52. The van der Waals surface area contributed by atoms with Crippen molar-refractivity contribution in [3.8, 4) is 0 Å². The van der Waals surface area contributed by atoms with Crippen molar-refractivity contribution >= 4 is 40.1 Å². The fraction of sp³-hybridized carbons (Fsp3) is 0.130. The van der Waals surface area contributed by atoms with Gasteiger partial charge < -0.3 is 9.88 Å². The van der Waals surface area contributed by atoms with E-state index < -0.39 is 0 Å². The zero-order valence-corrected chi connectivity index (χ0v) is 17.3. The summed E-state index contributed by atoms with van der Waals surface area (Å²) in [5, 5.41) is 4.13. The van der Waals surface area contributed by atoms with Gasteiger partial charge in [0, 0.05) is 11.6 Å². The average Bonchev–Trinajstić information content (AvgIpc) is 3.07.